The molecule has 1 aromatic carbocycles. The lowest BCUT2D eigenvalue weighted by atomic mass is 10.1. The molecule has 0 spiro atoms. The zero-order valence-electron chi connectivity index (χ0n) is 18.0. The first kappa shape index (κ1) is 21.5. The average molecular weight is 408 g/mol. The van der Waals surface area contributed by atoms with Crippen molar-refractivity contribution < 1.29 is 4.79 Å². The molecule has 0 aliphatic carbocycles. The van der Waals surface area contributed by atoms with Crippen molar-refractivity contribution in [3.05, 3.63) is 75.0 Å². The number of hydrogen-bond donors (Lipinski definition) is 2. The van der Waals surface area contributed by atoms with Crippen LogP contribution in [-0.2, 0) is 17.6 Å². The smallest absolute Gasteiger partial charge is 0.252 e. The molecular formula is C23H29N5O2. The number of amides is 1. The predicted molar refractivity (Wildman–Crippen MR) is 117 cm³/mol. The van der Waals surface area contributed by atoms with E-state index in [0.29, 0.717) is 24.5 Å². The maximum atomic E-state index is 12.4. The van der Waals surface area contributed by atoms with Crippen molar-refractivity contribution >= 4 is 5.91 Å². The summed E-state index contributed by atoms with van der Waals surface area (Å²) in [7, 11) is 0. The lowest BCUT2D eigenvalue weighted by Crippen LogP contribution is -2.33. The third-order valence-electron chi connectivity index (χ3n) is 5.22. The summed E-state index contributed by atoms with van der Waals surface area (Å²) in [6.07, 6.45) is 2.82. The minimum Gasteiger partial charge on any atom is -0.354 e. The minimum atomic E-state index is -0.213. The van der Waals surface area contributed by atoms with Gasteiger partial charge in [-0.3, -0.25) is 14.6 Å². The molecule has 1 unspecified atom stereocenters. The number of rotatable bonds is 8. The summed E-state index contributed by atoms with van der Waals surface area (Å²) < 4.78 is 1.64. The largest absolute Gasteiger partial charge is 0.354 e. The van der Waals surface area contributed by atoms with Gasteiger partial charge in [-0.05, 0) is 58.1 Å². The van der Waals surface area contributed by atoms with Crippen LogP contribution in [0.4, 0.5) is 0 Å². The maximum absolute atomic E-state index is 12.4. The van der Waals surface area contributed by atoms with Crippen LogP contribution >= 0.6 is 0 Å². The van der Waals surface area contributed by atoms with E-state index in [-0.39, 0.29) is 17.5 Å². The van der Waals surface area contributed by atoms with Crippen molar-refractivity contribution in [2.45, 2.75) is 59.4 Å². The predicted octanol–water partition coefficient (Wildman–Crippen LogP) is 2.95. The Bertz CT molecular complexity index is 1070. The van der Waals surface area contributed by atoms with Gasteiger partial charge in [0, 0.05) is 29.9 Å². The fraction of sp³-hybridized carbons (Fsp3) is 0.391. The molecule has 0 aliphatic heterocycles. The lowest BCUT2D eigenvalue weighted by Gasteiger charge is -2.14. The van der Waals surface area contributed by atoms with Crippen LogP contribution in [-0.4, -0.2) is 31.7 Å². The Morgan fingerprint density at radius 2 is 1.90 bits per heavy atom. The number of aromatic nitrogens is 4. The standard InChI is InChI=1S/C23H29N5O2/c1-15(10-11-19-8-6-5-7-9-19)24-21(29)13-12-20-17(3)27-28(18(20)4)23-25-16(2)14-22(30)26-23/h5-9,14-15H,10-13H2,1-4H3,(H,24,29)(H,25,26,30). The summed E-state index contributed by atoms with van der Waals surface area (Å²) in [5, 5.41) is 7.60. The van der Waals surface area contributed by atoms with E-state index < -0.39 is 0 Å². The van der Waals surface area contributed by atoms with Crippen LogP contribution in [0, 0.1) is 20.8 Å². The Labute approximate surface area is 176 Å². The number of carbonyl (C=O) groups is 1. The summed E-state index contributed by atoms with van der Waals surface area (Å²) in [6.45, 7) is 7.65. The molecule has 7 nitrogen and oxygen atoms in total. The molecule has 3 rings (SSSR count). The molecule has 0 saturated carbocycles. The topological polar surface area (TPSA) is 92.7 Å². The van der Waals surface area contributed by atoms with Crippen LogP contribution in [0.1, 0.15) is 48.0 Å². The monoisotopic (exact) mass is 407 g/mol. The van der Waals surface area contributed by atoms with E-state index in [4.69, 9.17) is 0 Å². The Hall–Kier alpha value is -3.22. The Kier molecular flexibility index (Phi) is 6.82. The number of nitrogens with one attached hydrogen (secondary N) is 2. The first-order valence-corrected chi connectivity index (χ1v) is 10.3. The first-order chi connectivity index (χ1) is 14.3. The van der Waals surface area contributed by atoms with E-state index in [0.717, 1.165) is 29.8 Å². The van der Waals surface area contributed by atoms with Crippen LogP contribution in [0.25, 0.3) is 5.95 Å². The molecule has 0 fully saturated rings. The number of H-pyrrole nitrogens is 1. The third kappa shape index (κ3) is 5.43. The minimum absolute atomic E-state index is 0.0317. The van der Waals surface area contributed by atoms with Crippen LogP contribution < -0.4 is 10.9 Å². The van der Waals surface area contributed by atoms with E-state index in [1.165, 1.54) is 11.6 Å². The summed E-state index contributed by atoms with van der Waals surface area (Å²) in [6, 6.07) is 11.8. The zero-order valence-corrected chi connectivity index (χ0v) is 18.0. The van der Waals surface area contributed by atoms with Crippen molar-refractivity contribution in [3.8, 4) is 5.95 Å². The molecule has 30 heavy (non-hydrogen) atoms. The Morgan fingerprint density at radius 1 is 1.17 bits per heavy atom. The zero-order chi connectivity index (χ0) is 21.7. The quantitative estimate of drug-likeness (QED) is 0.600. The fourth-order valence-corrected chi connectivity index (χ4v) is 3.59. The van der Waals surface area contributed by atoms with Gasteiger partial charge in [0.15, 0.2) is 0 Å². The summed E-state index contributed by atoms with van der Waals surface area (Å²) in [4.78, 5) is 31.3. The van der Waals surface area contributed by atoms with E-state index >= 15 is 0 Å². The number of aromatic amines is 1. The van der Waals surface area contributed by atoms with Crippen LogP contribution in [0.2, 0.25) is 0 Å². The third-order valence-corrected chi connectivity index (χ3v) is 5.22. The van der Waals surface area contributed by atoms with Crippen LogP contribution in [0.5, 0.6) is 0 Å². The number of nitrogens with zero attached hydrogens (tertiary/aromatic N) is 3. The highest BCUT2D eigenvalue weighted by Gasteiger charge is 2.16. The van der Waals surface area contributed by atoms with E-state index in [9.17, 15) is 9.59 Å². The van der Waals surface area contributed by atoms with Gasteiger partial charge in [-0.2, -0.15) is 5.10 Å². The molecule has 1 atom stereocenters. The molecule has 2 aromatic heterocycles. The number of carbonyl (C=O) groups excluding carboxylic acids is 1. The molecule has 2 heterocycles. The summed E-state index contributed by atoms with van der Waals surface area (Å²) in [5.41, 5.74) is 4.42. The lowest BCUT2D eigenvalue weighted by molar-refractivity contribution is -0.121. The van der Waals surface area contributed by atoms with E-state index in [1.54, 1.807) is 11.6 Å². The molecule has 0 radical (unpaired) electrons. The molecule has 3 aromatic rings. The second-order valence-corrected chi connectivity index (χ2v) is 7.76. The van der Waals surface area contributed by atoms with Crippen LogP contribution in [0.3, 0.4) is 0 Å². The van der Waals surface area contributed by atoms with E-state index in [2.05, 4.69) is 32.5 Å². The first-order valence-electron chi connectivity index (χ1n) is 10.3. The highest BCUT2D eigenvalue weighted by Crippen LogP contribution is 2.17. The van der Waals surface area contributed by atoms with Gasteiger partial charge >= 0.3 is 0 Å². The van der Waals surface area contributed by atoms with Gasteiger partial charge in [-0.25, -0.2) is 9.67 Å². The number of aryl methyl sites for hydroxylation is 3. The number of hydrogen-bond acceptors (Lipinski definition) is 4. The normalized spacial score (nSPS) is 12.0. The number of benzene rings is 1. The molecule has 0 bridgehead atoms. The Morgan fingerprint density at radius 3 is 2.60 bits per heavy atom. The second-order valence-electron chi connectivity index (χ2n) is 7.76. The van der Waals surface area contributed by atoms with Gasteiger partial charge in [0.05, 0.1) is 5.69 Å². The van der Waals surface area contributed by atoms with Crippen LogP contribution in [0.15, 0.2) is 41.2 Å². The fourth-order valence-electron chi connectivity index (χ4n) is 3.59. The van der Waals surface area contributed by atoms with E-state index in [1.807, 2.05) is 39.0 Å². The molecule has 1 amide bonds. The molecule has 7 heteroatoms. The van der Waals surface area contributed by atoms with Crippen molar-refractivity contribution in [2.24, 2.45) is 0 Å². The van der Waals surface area contributed by atoms with Crippen molar-refractivity contribution in [1.82, 2.24) is 25.1 Å². The molecular weight excluding hydrogens is 378 g/mol. The average Bonchev–Trinajstić information content (AvgIpc) is 2.98. The van der Waals surface area contributed by atoms with Gasteiger partial charge in [-0.15, -0.1) is 0 Å². The van der Waals surface area contributed by atoms with Gasteiger partial charge in [-0.1, -0.05) is 30.3 Å². The highest BCUT2D eigenvalue weighted by atomic mass is 16.1. The van der Waals surface area contributed by atoms with Crippen molar-refractivity contribution in [3.63, 3.8) is 0 Å². The van der Waals surface area contributed by atoms with Crippen molar-refractivity contribution in [1.29, 1.82) is 0 Å². The van der Waals surface area contributed by atoms with Gasteiger partial charge in [0.25, 0.3) is 5.56 Å². The molecule has 2 N–H and O–H groups in total. The van der Waals surface area contributed by atoms with Gasteiger partial charge < -0.3 is 5.32 Å². The van der Waals surface area contributed by atoms with Gasteiger partial charge in [0.2, 0.25) is 11.9 Å². The highest BCUT2D eigenvalue weighted by molar-refractivity contribution is 5.76. The van der Waals surface area contributed by atoms with Gasteiger partial charge in [0.1, 0.15) is 0 Å². The SMILES string of the molecule is Cc1cc(=O)[nH]c(-n2nc(C)c(CCC(=O)NC(C)CCc3ccccc3)c2C)n1. The Balaban J connectivity index is 1.58. The second kappa shape index (κ2) is 9.52. The molecule has 0 saturated heterocycles. The van der Waals surface area contributed by atoms with Crippen molar-refractivity contribution in [2.75, 3.05) is 0 Å². The molecule has 0 aliphatic rings. The summed E-state index contributed by atoms with van der Waals surface area (Å²) >= 11 is 0. The molecule has 158 valence electrons. The maximum Gasteiger partial charge on any atom is 0.252 e. The summed E-state index contributed by atoms with van der Waals surface area (Å²) in [5.74, 6) is 0.426.